The van der Waals surface area contributed by atoms with E-state index in [9.17, 15) is 9.59 Å². The van der Waals surface area contributed by atoms with Crippen LogP contribution in [0.1, 0.15) is 22.8 Å². The average Bonchev–Trinajstić information content (AvgIpc) is 2.66. The van der Waals surface area contributed by atoms with Gasteiger partial charge in [0, 0.05) is 23.2 Å². The maximum Gasteiger partial charge on any atom is 0.252 e. The maximum atomic E-state index is 12.4. The quantitative estimate of drug-likeness (QED) is 0.624. The van der Waals surface area contributed by atoms with Crippen LogP contribution < -0.4 is 16.0 Å². The van der Waals surface area contributed by atoms with Gasteiger partial charge in [-0.1, -0.05) is 29.8 Å². The molecule has 0 aromatic heterocycles. The van der Waals surface area contributed by atoms with Gasteiger partial charge in [-0.15, -0.1) is 11.8 Å². The van der Waals surface area contributed by atoms with Gasteiger partial charge < -0.3 is 16.0 Å². The number of aryl methyl sites for hydroxylation is 1. The summed E-state index contributed by atoms with van der Waals surface area (Å²) in [5, 5.41) is 8.85. The van der Waals surface area contributed by atoms with E-state index in [4.69, 9.17) is 0 Å². The molecular formula is C20H25N3O2S. The molecule has 0 saturated heterocycles. The van der Waals surface area contributed by atoms with Gasteiger partial charge in [-0.3, -0.25) is 9.59 Å². The van der Waals surface area contributed by atoms with Gasteiger partial charge >= 0.3 is 0 Å². The van der Waals surface area contributed by atoms with Crippen molar-refractivity contribution >= 4 is 29.3 Å². The summed E-state index contributed by atoms with van der Waals surface area (Å²) in [6.45, 7) is 4.54. The zero-order valence-corrected chi connectivity index (χ0v) is 16.2. The summed E-state index contributed by atoms with van der Waals surface area (Å²) in [4.78, 5) is 25.4. The van der Waals surface area contributed by atoms with Gasteiger partial charge in [-0.25, -0.2) is 0 Å². The van der Waals surface area contributed by atoms with Crippen LogP contribution in [-0.2, 0) is 4.79 Å². The number of hydrogen-bond donors (Lipinski definition) is 3. The van der Waals surface area contributed by atoms with Crippen molar-refractivity contribution in [3.63, 3.8) is 0 Å². The van der Waals surface area contributed by atoms with Crippen LogP contribution in [0.3, 0.4) is 0 Å². The predicted octanol–water partition coefficient (Wildman–Crippen LogP) is 3.06. The van der Waals surface area contributed by atoms with Gasteiger partial charge in [0.25, 0.3) is 5.91 Å². The van der Waals surface area contributed by atoms with Crippen LogP contribution in [-0.4, -0.2) is 37.2 Å². The number of amides is 2. The second kappa shape index (κ2) is 9.99. The lowest BCUT2D eigenvalue weighted by molar-refractivity contribution is -0.113. The molecule has 26 heavy (non-hydrogen) atoms. The number of likely N-dealkylation sites (N-methyl/N-ethyl adjacent to an activating group) is 1. The summed E-state index contributed by atoms with van der Waals surface area (Å²) in [5.74, 6) is 0.0115. The summed E-state index contributed by atoms with van der Waals surface area (Å²) >= 11 is 1.36. The first-order valence-electron chi connectivity index (χ1n) is 8.53. The van der Waals surface area contributed by atoms with Crippen molar-refractivity contribution in [2.75, 3.05) is 24.7 Å². The highest BCUT2D eigenvalue weighted by Gasteiger charge is 2.13. The Kier molecular flexibility index (Phi) is 7.69. The third-order valence-electron chi connectivity index (χ3n) is 3.89. The van der Waals surface area contributed by atoms with E-state index in [2.05, 4.69) is 16.0 Å². The Labute approximate surface area is 159 Å². The summed E-state index contributed by atoms with van der Waals surface area (Å²) in [6, 6.07) is 15.2. The Morgan fingerprint density at radius 3 is 2.46 bits per heavy atom. The molecule has 0 bridgehead atoms. The fourth-order valence-corrected chi connectivity index (χ4v) is 3.05. The monoisotopic (exact) mass is 371 g/mol. The lowest BCUT2D eigenvalue weighted by atomic mass is 10.2. The van der Waals surface area contributed by atoms with Gasteiger partial charge in [0.15, 0.2) is 0 Å². The van der Waals surface area contributed by atoms with Crippen LogP contribution in [0, 0.1) is 6.92 Å². The van der Waals surface area contributed by atoms with E-state index in [1.165, 1.54) is 11.8 Å². The molecule has 0 saturated carbocycles. The van der Waals surface area contributed by atoms with E-state index in [0.717, 1.165) is 16.1 Å². The molecule has 1 atom stereocenters. The van der Waals surface area contributed by atoms with E-state index < -0.39 is 0 Å². The number of carbonyl (C=O) groups is 2. The Morgan fingerprint density at radius 1 is 1.08 bits per heavy atom. The fourth-order valence-electron chi connectivity index (χ4n) is 2.20. The zero-order valence-electron chi connectivity index (χ0n) is 15.3. The first-order valence-corrected chi connectivity index (χ1v) is 9.52. The fraction of sp³-hybridized carbons (Fsp3) is 0.300. The van der Waals surface area contributed by atoms with Gasteiger partial charge in [0.1, 0.15) is 0 Å². The average molecular weight is 372 g/mol. The number of anilines is 1. The molecule has 2 aromatic rings. The smallest absolute Gasteiger partial charge is 0.252 e. The Morgan fingerprint density at radius 2 is 1.77 bits per heavy atom. The molecule has 5 nitrogen and oxygen atoms in total. The highest BCUT2D eigenvalue weighted by atomic mass is 32.2. The Balaban J connectivity index is 1.93. The lowest BCUT2D eigenvalue weighted by Gasteiger charge is -2.13. The molecule has 1 unspecified atom stereocenters. The highest BCUT2D eigenvalue weighted by molar-refractivity contribution is 8.00. The number of benzene rings is 2. The first kappa shape index (κ1) is 20.0. The second-order valence-electron chi connectivity index (χ2n) is 6.10. The van der Waals surface area contributed by atoms with Gasteiger partial charge in [0.05, 0.1) is 11.3 Å². The number of thioether (sulfide) groups is 1. The summed E-state index contributed by atoms with van der Waals surface area (Å²) < 4.78 is 0. The molecule has 0 aliphatic rings. The van der Waals surface area contributed by atoms with Crippen molar-refractivity contribution in [3.8, 4) is 0 Å². The molecule has 2 aromatic carbocycles. The standard InChI is InChI=1S/C20H25N3O2S/c1-14-8-10-16(11-9-14)23-19(24)13-26-18-7-5-4-6-17(18)20(25)22-12-15(2)21-3/h4-11,15,21H,12-13H2,1-3H3,(H,22,25)(H,23,24). The molecule has 3 N–H and O–H groups in total. The van der Waals surface area contributed by atoms with Crippen LogP contribution in [0.2, 0.25) is 0 Å². The third kappa shape index (κ3) is 6.20. The third-order valence-corrected chi connectivity index (χ3v) is 4.96. The molecule has 0 fully saturated rings. The predicted molar refractivity (Wildman–Crippen MR) is 108 cm³/mol. The number of nitrogens with one attached hydrogen (secondary N) is 3. The van der Waals surface area contributed by atoms with Crippen molar-refractivity contribution in [1.82, 2.24) is 10.6 Å². The van der Waals surface area contributed by atoms with Crippen molar-refractivity contribution in [2.45, 2.75) is 24.8 Å². The van der Waals surface area contributed by atoms with E-state index in [0.29, 0.717) is 12.1 Å². The summed E-state index contributed by atoms with van der Waals surface area (Å²) in [7, 11) is 1.85. The lowest BCUT2D eigenvalue weighted by Crippen LogP contribution is -2.37. The van der Waals surface area contributed by atoms with E-state index >= 15 is 0 Å². The molecule has 2 amide bonds. The number of carbonyl (C=O) groups excluding carboxylic acids is 2. The molecule has 138 valence electrons. The number of hydrogen-bond acceptors (Lipinski definition) is 4. The molecule has 2 rings (SSSR count). The van der Waals surface area contributed by atoms with E-state index in [-0.39, 0.29) is 23.6 Å². The van der Waals surface area contributed by atoms with E-state index in [1.807, 2.05) is 63.4 Å². The van der Waals surface area contributed by atoms with Crippen LogP contribution in [0.5, 0.6) is 0 Å². The molecule has 0 spiro atoms. The van der Waals surface area contributed by atoms with Gasteiger partial charge in [-0.05, 0) is 45.2 Å². The first-order chi connectivity index (χ1) is 12.5. The molecule has 6 heteroatoms. The maximum absolute atomic E-state index is 12.4. The van der Waals surface area contributed by atoms with Crippen LogP contribution in [0.15, 0.2) is 53.4 Å². The van der Waals surface area contributed by atoms with Crippen molar-refractivity contribution in [2.24, 2.45) is 0 Å². The number of rotatable bonds is 8. The highest BCUT2D eigenvalue weighted by Crippen LogP contribution is 2.23. The molecular weight excluding hydrogens is 346 g/mol. The van der Waals surface area contributed by atoms with Crippen molar-refractivity contribution < 1.29 is 9.59 Å². The van der Waals surface area contributed by atoms with Gasteiger partial charge in [0.2, 0.25) is 5.91 Å². The minimum absolute atomic E-state index is 0.0992. The van der Waals surface area contributed by atoms with E-state index in [1.54, 1.807) is 6.07 Å². The summed E-state index contributed by atoms with van der Waals surface area (Å²) in [6.07, 6.45) is 0. The van der Waals surface area contributed by atoms with Crippen molar-refractivity contribution in [1.29, 1.82) is 0 Å². The SMILES string of the molecule is CNC(C)CNC(=O)c1ccccc1SCC(=O)Nc1ccc(C)cc1. The van der Waals surface area contributed by atoms with Gasteiger partial charge in [-0.2, -0.15) is 0 Å². The largest absolute Gasteiger partial charge is 0.350 e. The molecule has 0 heterocycles. The van der Waals surface area contributed by atoms with Crippen LogP contribution in [0.25, 0.3) is 0 Å². The zero-order chi connectivity index (χ0) is 18.9. The topological polar surface area (TPSA) is 70.2 Å². The Bertz CT molecular complexity index is 747. The van der Waals surface area contributed by atoms with Crippen molar-refractivity contribution in [3.05, 3.63) is 59.7 Å². The Hall–Kier alpha value is -2.31. The molecule has 0 aliphatic carbocycles. The normalized spacial score (nSPS) is 11.7. The van der Waals surface area contributed by atoms with Crippen LogP contribution >= 0.6 is 11.8 Å². The second-order valence-corrected chi connectivity index (χ2v) is 7.12. The summed E-state index contributed by atoms with van der Waals surface area (Å²) in [5.41, 5.74) is 2.50. The minimum atomic E-state index is -0.130. The minimum Gasteiger partial charge on any atom is -0.350 e. The molecule has 0 aliphatic heterocycles. The molecule has 0 radical (unpaired) electrons. The van der Waals surface area contributed by atoms with Crippen LogP contribution in [0.4, 0.5) is 5.69 Å².